The van der Waals surface area contributed by atoms with Crippen LogP contribution in [0.25, 0.3) is 0 Å². The van der Waals surface area contributed by atoms with Gasteiger partial charge >= 0.3 is 5.97 Å². The minimum absolute atomic E-state index is 0.0741. The summed E-state index contributed by atoms with van der Waals surface area (Å²) in [5, 5.41) is 11.9. The summed E-state index contributed by atoms with van der Waals surface area (Å²) in [6.45, 7) is 2.18. The van der Waals surface area contributed by atoms with E-state index in [0.717, 1.165) is 0 Å². The molecule has 1 heterocycles. The van der Waals surface area contributed by atoms with Gasteiger partial charge in [-0.25, -0.2) is 4.39 Å². The Kier molecular flexibility index (Phi) is 4.10. The molecule has 23 heavy (non-hydrogen) atoms. The van der Waals surface area contributed by atoms with Crippen LogP contribution in [0.15, 0.2) is 18.2 Å². The van der Waals surface area contributed by atoms with Gasteiger partial charge in [0.2, 0.25) is 0 Å². The fraction of sp³-hybridized carbons (Fsp3) is 0.529. The zero-order valence-corrected chi connectivity index (χ0v) is 13.0. The number of hydrogen-bond donors (Lipinski definition) is 2. The van der Waals surface area contributed by atoms with Crippen molar-refractivity contribution in [3.8, 4) is 0 Å². The van der Waals surface area contributed by atoms with Crippen LogP contribution in [0.5, 0.6) is 0 Å². The number of carbonyl (C=O) groups excluding carboxylic acids is 1. The highest BCUT2D eigenvalue weighted by atomic mass is 19.1. The van der Waals surface area contributed by atoms with Gasteiger partial charge in [0.05, 0.1) is 17.1 Å². The van der Waals surface area contributed by atoms with E-state index >= 15 is 0 Å². The number of carboxylic acid groups (broad SMARTS) is 1. The van der Waals surface area contributed by atoms with Crippen molar-refractivity contribution in [3.05, 3.63) is 35.1 Å². The number of amides is 1. The molecule has 1 saturated carbocycles. The predicted molar refractivity (Wildman–Crippen MR) is 80.7 cm³/mol. The maximum atomic E-state index is 13.9. The molecule has 5 nitrogen and oxygen atoms in total. The molecular weight excluding hydrogens is 301 g/mol. The van der Waals surface area contributed by atoms with Crippen LogP contribution in [0.3, 0.4) is 0 Å². The fourth-order valence-electron chi connectivity index (χ4n) is 3.63. The number of carbonyl (C=O) groups is 2. The molecule has 3 rings (SSSR count). The molecule has 2 fully saturated rings. The van der Waals surface area contributed by atoms with E-state index in [1.165, 1.54) is 6.07 Å². The summed E-state index contributed by atoms with van der Waals surface area (Å²) in [4.78, 5) is 23.3. The van der Waals surface area contributed by atoms with E-state index in [1.807, 2.05) is 0 Å². The molecule has 1 unspecified atom stereocenters. The van der Waals surface area contributed by atoms with Gasteiger partial charge < -0.3 is 15.2 Å². The van der Waals surface area contributed by atoms with Crippen LogP contribution in [-0.4, -0.2) is 35.2 Å². The molecular formula is C17H20FNO4. The van der Waals surface area contributed by atoms with Gasteiger partial charge in [-0.05, 0) is 44.2 Å². The molecule has 1 aromatic carbocycles. The van der Waals surface area contributed by atoms with Crippen LogP contribution in [0.1, 0.15) is 41.6 Å². The van der Waals surface area contributed by atoms with Crippen molar-refractivity contribution in [1.82, 2.24) is 5.32 Å². The minimum Gasteiger partial charge on any atom is -0.481 e. The van der Waals surface area contributed by atoms with E-state index in [4.69, 9.17) is 9.84 Å². The molecule has 1 atom stereocenters. The lowest BCUT2D eigenvalue weighted by atomic mass is 9.66. The summed E-state index contributed by atoms with van der Waals surface area (Å²) in [5.74, 6) is -2.11. The van der Waals surface area contributed by atoms with Crippen molar-refractivity contribution >= 4 is 11.9 Å². The van der Waals surface area contributed by atoms with Crippen LogP contribution in [-0.2, 0) is 9.53 Å². The second-order valence-corrected chi connectivity index (χ2v) is 6.57. The van der Waals surface area contributed by atoms with Crippen molar-refractivity contribution in [3.63, 3.8) is 0 Å². The van der Waals surface area contributed by atoms with Crippen LogP contribution in [0, 0.1) is 18.7 Å². The van der Waals surface area contributed by atoms with E-state index < -0.39 is 23.3 Å². The number of nitrogens with one attached hydrogen (secondary N) is 1. The van der Waals surface area contributed by atoms with Crippen molar-refractivity contribution < 1.29 is 23.8 Å². The maximum Gasteiger partial charge on any atom is 0.306 e. The molecule has 1 aromatic rings. The van der Waals surface area contributed by atoms with Crippen LogP contribution < -0.4 is 5.32 Å². The predicted octanol–water partition coefficient (Wildman–Crippen LogP) is 2.28. The van der Waals surface area contributed by atoms with Crippen LogP contribution in [0.2, 0.25) is 0 Å². The molecule has 1 spiro atoms. The second-order valence-electron chi connectivity index (χ2n) is 6.57. The second kappa shape index (κ2) is 5.92. The zero-order valence-electron chi connectivity index (χ0n) is 13.0. The Morgan fingerprint density at radius 1 is 1.35 bits per heavy atom. The van der Waals surface area contributed by atoms with E-state index in [-0.39, 0.29) is 17.5 Å². The van der Waals surface area contributed by atoms with Gasteiger partial charge in [0.25, 0.3) is 5.91 Å². The molecule has 1 aliphatic carbocycles. The van der Waals surface area contributed by atoms with E-state index in [1.54, 1.807) is 19.1 Å². The zero-order chi connectivity index (χ0) is 16.6. The number of aryl methyl sites for hydroxylation is 1. The Morgan fingerprint density at radius 2 is 2.09 bits per heavy atom. The number of ether oxygens (including phenoxy) is 1. The summed E-state index contributed by atoms with van der Waals surface area (Å²) in [6.07, 6.45) is 2.19. The summed E-state index contributed by atoms with van der Waals surface area (Å²) in [7, 11) is 0. The monoisotopic (exact) mass is 321 g/mol. The van der Waals surface area contributed by atoms with Crippen LogP contribution >= 0.6 is 0 Å². The molecule has 1 saturated heterocycles. The molecule has 2 aliphatic rings. The topological polar surface area (TPSA) is 75.6 Å². The highest BCUT2D eigenvalue weighted by Crippen LogP contribution is 2.46. The number of rotatable bonds is 3. The lowest BCUT2D eigenvalue weighted by molar-refractivity contribution is -0.181. The molecule has 6 heteroatoms. The number of halogens is 1. The number of aliphatic carboxylic acids is 1. The first kappa shape index (κ1) is 15.9. The van der Waals surface area contributed by atoms with Crippen molar-refractivity contribution in [2.24, 2.45) is 5.92 Å². The number of carboxylic acids is 1. The number of benzene rings is 1. The SMILES string of the molecule is Cc1cccc(F)c1C(=O)NC1CCOC2(C1)CC(C(=O)O)C2. The van der Waals surface area contributed by atoms with Crippen molar-refractivity contribution in [1.29, 1.82) is 0 Å². The average Bonchev–Trinajstić information content (AvgIpc) is 2.44. The fourth-order valence-corrected chi connectivity index (χ4v) is 3.63. The van der Waals surface area contributed by atoms with E-state index in [9.17, 15) is 14.0 Å². The van der Waals surface area contributed by atoms with Gasteiger partial charge in [-0.2, -0.15) is 0 Å². The Labute approximate surface area is 133 Å². The summed E-state index contributed by atoms with van der Waals surface area (Å²) < 4.78 is 19.6. The summed E-state index contributed by atoms with van der Waals surface area (Å²) >= 11 is 0. The number of hydrogen-bond acceptors (Lipinski definition) is 3. The largest absolute Gasteiger partial charge is 0.481 e. The Balaban J connectivity index is 1.64. The molecule has 124 valence electrons. The minimum atomic E-state index is -0.799. The Bertz CT molecular complexity index is 619. The van der Waals surface area contributed by atoms with Crippen molar-refractivity contribution in [2.75, 3.05) is 6.61 Å². The third kappa shape index (κ3) is 3.08. The lowest BCUT2D eigenvalue weighted by Crippen LogP contribution is -2.56. The summed E-state index contributed by atoms with van der Waals surface area (Å²) in [6, 6.07) is 4.43. The molecule has 2 N–H and O–H groups in total. The third-order valence-electron chi connectivity index (χ3n) is 4.86. The van der Waals surface area contributed by atoms with E-state index in [2.05, 4.69) is 5.32 Å². The van der Waals surface area contributed by atoms with E-state index in [0.29, 0.717) is 37.9 Å². The normalized spacial score (nSPS) is 29.8. The van der Waals surface area contributed by atoms with Crippen molar-refractivity contribution in [2.45, 2.75) is 44.2 Å². The molecule has 0 radical (unpaired) electrons. The Morgan fingerprint density at radius 3 is 2.74 bits per heavy atom. The summed E-state index contributed by atoms with van der Waals surface area (Å²) in [5.41, 5.74) is 0.229. The standard InChI is InChI=1S/C17H20FNO4/c1-10-3-2-4-13(18)14(10)15(20)19-12-5-6-23-17(9-12)7-11(8-17)16(21)22/h2-4,11-12H,5-9H2,1H3,(H,19,20)(H,21,22). The molecule has 0 bridgehead atoms. The first-order chi connectivity index (χ1) is 10.9. The third-order valence-corrected chi connectivity index (χ3v) is 4.86. The highest BCUT2D eigenvalue weighted by molar-refractivity contribution is 5.96. The maximum absolute atomic E-state index is 13.9. The Hall–Kier alpha value is -1.95. The van der Waals surface area contributed by atoms with Gasteiger partial charge in [-0.1, -0.05) is 12.1 Å². The molecule has 1 aliphatic heterocycles. The quantitative estimate of drug-likeness (QED) is 0.895. The first-order valence-corrected chi connectivity index (χ1v) is 7.83. The molecule has 0 aromatic heterocycles. The molecule has 1 amide bonds. The van der Waals surface area contributed by atoms with Crippen LogP contribution in [0.4, 0.5) is 4.39 Å². The lowest BCUT2D eigenvalue weighted by Gasteiger charge is -2.50. The van der Waals surface area contributed by atoms with Gasteiger partial charge in [-0.15, -0.1) is 0 Å². The van der Waals surface area contributed by atoms with Gasteiger partial charge in [0, 0.05) is 12.6 Å². The first-order valence-electron chi connectivity index (χ1n) is 7.83. The van der Waals surface area contributed by atoms with Gasteiger partial charge in [0.15, 0.2) is 0 Å². The average molecular weight is 321 g/mol. The highest BCUT2D eigenvalue weighted by Gasteiger charge is 2.51. The smallest absolute Gasteiger partial charge is 0.306 e. The van der Waals surface area contributed by atoms with Gasteiger partial charge in [0.1, 0.15) is 5.82 Å². The van der Waals surface area contributed by atoms with Gasteiger partial charge in [-0.3, -0.25) is 9.59 Å².